The van der Waals surface area contributed by atoms with Crippen molar-refractivity contribution in [1.82, 2.24) is 5.32 Å². The molecule has 17 heavy (non-hydrogen) atoms. The van der Waals surface area contributed by atoms with Crippen LogP contribution < -0.4 is 14.8 Å². The minimum atomic E-state index is 0.157. The van der Waals surface area contributed by atoms with E-state index in [1.807, 2.05) is 18.2 Å². The van der Waals surface area contributed by atoms with E-state index in [-0.39, 0.29) is 6.04 Å². The van der Waals surface area contributed by atoms with Gasteiger partial charge in [0.15, 0.2) is 11.5 Å². The fourth-order valence-electron chi connectivity index (χ4n) is 1.74. The van der Waals surface area contributed by atoms with Crippen LogP contribution in [0.3, 0.4) is 0 Å². The molecule has 0 heterocycles. The summed E-state index contributed by atoms with van der Waals surface area (Å²) in [5.74, 6) is 4.14. The van der Waals surface area contributed by atoms with Crippen LogP contribution in [0.25, 0.3) is 0 Å². The zero-order valence-electron chi connectivity index (χ0n) is 10.6. The second kappa shape index (κ2) is 6.82. The molecule has 1 aromatic carbocycles. The van der Waals surface area contributed by atoms with Crippen molar-refractivity contribution in [2.24, 2.45) is 0 Å². The maximum Gasteiger partial charge on any atom is 0.161 e. The Morgan fingerprint density at radius 3 is 2.53 bits per heavy atom. The molecule has 0 saturated carbocycles. The van der Waals surface area contributed by atoms with Gasteiger partial charge in [-0.25, -0.2) is 0 Å². The highest BCUT2D eigenvalue weighted by Crippen LogP contribution is 2.30. The molecule has 0 saturated heterocycles. The Hall–Kier alpha value is -1.66. The Kier molecular flexibility index (Phi) is 5.38. The molecular weight excluding hydrogens is 214 g/mol. The van der Waals surface area contributed by atoms with E-state index in [2.05, 4.69) is 18.2 Å². The SMILES string of the molecule is C#CCC(NCC)c1ccc(OC)c(OC)c1. The van der Waals surface area contributed by atoms with E-state index in [1.54, 1.807) is 14.2 Å². The Balaban J connectivity index is 2.99. The first-order valence-corrected chi connectivity index (χ1v) is 5.65. The molecule has 1 atom stereocenters. The molecule has 1 rings (SSSR count). The molecule has 92 valence electrons. The molecule has 1 N–H and O–H groups in total. The predicted molar refractivity (Wildman–Crippen MR) is 69.4 cm³/mol. The van der Waals surface area contributed by atoms with E-state index in [9.17, 15) is 0 Å². The molecule has 0 bridgehead atoms. The predicted octanol–water partition coefficient (Wildman–Crippen LogP) is 2.38. The molecule has 0 amide bonds. The van der Waals surface area contributed by atoms with Gasteiger partial charge < -0.3 is 14.8 Å². The Bertz CT molecular complexity index is 396. The van der Waals surface area contributed by atoms with E-state index in [0.29, 0.717) is 6.42 Å². The van der Waals surface area contributed by atoms with Crippen molar-refractivity contribution in [3.8, 4) is 23.8 Å². The number of ether oxygens (including phenoxy) is 2. The summed E-state index contributed by atoms with van der Waals surface area (Å²) in [5, 5.41) is 3.35. The minimum absolute atomic E-state index is 0.157. The third-order valence-corrected chi connectivity index (χ3v) is 2.58. The first-order valence-electron chi connectivity index (χ1n) is 5.65. The van der Waals surface area contributed by atoms with E-state index in [4.69, 9.17) is 15.9 Å². The topological polar surface area (TPSA) is 30.5 Å². The van der Waals surface area contributed by atoms with Crippen molar-refractivity contribution >= 4 is 0 Å². The van der Waals surface area contributed by atoms with Gasteiger partial charge in [-0.05, 0) is 24.2 Å². The summed E-state index contributed by atoms with van der Waals surface area (Å²) >= 11 is 0. The minimum Gasteiger partial charge on any atom is -0.493 e. The largest absolute Gasteiger partial charge is 0.493 e. The fourth-order valence-corrected chi connectivity index (χ4v) is 1.74. The molecule has 0 spiro atoms. The third kappa shape index (κ3) is 3.40. The lowest BCUT2D eigenvalue weighted by Crippen LogP contribution is -2.20. The van der Waals surface area contributed by atoms with Crippen LogP contribution in [0.2, 0.25) is 0 Å². The zero-order valence-corrected chi connectivity index (χ0v) is 10.6. The van der Waals surface area contributed by atoms with Gasteiger partial charge in [0, 0.05) is 12.5 Å². The number of methoxy groups -OCH3 is 2. The van der Waals surface area contributed by atoms with Crippen molar-refractivity contribution in [3.05, 3.63) is 23.8 Å². The lowest BCUT2D eigenvalue weighted by atomic mass is 10.0. The molecular formula is C14H19NO2. The monoisotopic (exact) mass is 233 g/mol. The van der Waals surface area contributed by atoms with Crippen LogP contribution in [0, 0.1) is 12.3 Å². The van der Waals surface area contributed by atoms with Crippen LogP contribution in [0.5, 0.6) is 11.5 Å². The van der Waals surface area contributed by atoms with E-state index in [0.717, 1.165) is 23.6 Å². The van der Waals surface area contributed by atoms with Gasteiger partial charge in [-0.15, -0.1) is 12.3 Å². The molecule has 1 unspecified atom stereocenters. The molecule has 0 aliphatic carbocycles. The van der Waals surface area contributed by atoms with Gasteiger partial charge in [0.1, 0.15) is 0 Å². The van der Waals surface area contributed by atoms with Crippen molar-refractivity contribution < 1.29 is 9.47 Å². The first-order chi connectivity index (χ1) is 8.26. The Labute approximate surface area is 103 Å². The van der Waals surface area contributed by atoms with Gasteiger partial charge in [0.05, 0.1) is 14.2 Å². The molecule has 0 radical (unpaired) electrons. The smallest absolute Gasteiger partial charge is 0.161 e. The average Bonchev–Trinajstić information content (AvgIpc) is 2.37. The summed E-state index contributed by atoms with van der Waals surface area (Å²) in [7, 11) is 3.26. The van der Waals surface area contributed by atoms with Crippen molar-refractivity contribution in [1.29, 1.82) is 0 Å². The van der Waals surface area contributed by atoms with E-state index >= 15 is 0 Å². The zero-order chi connectivity index (χ0) is 12.7. The second-order valence-electron chi connectivity index (χ2n) is 3.63. The number of hydrogen-bond donors (Lipinski definition) is 1. The Morgan fingerprint density at radius 2 is 2.00 bits per heavy atom. The van der Waals surface area contributed by atoms with E-state index in [1.165, 1.54) is 0 Å². The Morgan fingerprint density at radius 1 is 1.29 bits per heavy atom. The highest BCUT2D eigenvalue weighted by Gasteiger charge is 2.12. The van der Waals surface area contributed by atoms with Crippen LogP contribution in [0.15, 0.2) is 18.2 Å². The van der Waals surface area contributed by atoms with Gasteiger partial charge in [0.25, 0.3) is 0 Å². The summed E-state index contributed by atoms with van der Waals surface area (Å²) in [6.45, 7) is 2.94. The number of benzene rings is 1. The second-order valence-corrected chi connectivity index (χ2v) is 3.63. The molecule has 1 aromatic rings. The quantitative estimate of drug-likeness (QED) is 0.765. The molecule has 0 aliphatic heterocycles. The molecule has 0 aromatic heterocycles. The summed E-state index contributed by atoms with van der Waals surface area (Å²) < 4.78 is 10.5. The fraction of sp³-hybridized carbons (Fsp3) is 0.429. The van der Waals surface area contributed by atoms with Crippen LogP contribution in [0.4, 0.5) is 0 Å². The standard InChI is InChI=1S/C14H19NO2/c1-5-7-12(15-6-2)11-8-9-13(16-3)14(10-11)17-4/h1,8-10,12,15H,6-7H2,2-4H3. The normalized spacial score (nSPS) is 11.6. The van der Waals surface area contributed by atoms with Crippen molar-refractivity contribution in [3.63, 3.8) is 0 Å². The van der Waals surface area contributed by atoms with Crippen LogP contribution in [-0.2, 0) is 0 Å². The number of rotatable bonds is 6. The molecule has 3 nitrogen and oxygen atoms in total. The maximum absolute atomic E-state index is 5.38. The average molecular weight is 233 g/mol. The van der Waals surface area contributed by atoms with Crippen molar-refractivity contribution in [2.45, 2.75) is 19.4 Å². The lowest BCUT2D eigenvalue weighted by Gasteiger charge is -2.17. The summed E-state index contributed by atoms with van der Waals surface area (Å²) in [5.41, 5.74) is 1.11. The number of terminal acetylenes is 1. The van der Waals surface area contributed by atoms with Gasteiger partial charge >= 0.3 is 0 Å². The van der Waals surface area contributed by atoms with E-state index < -0.39 is 0 Å². The molecule has 3 heteroatoms. The van der Waals surface area contributed by atoms with Gasteiger partial charge in [-0.2, -0.15) is 0 Å². The number of nitrogens with one attached hydrogen (secondary N) is 1. The summed E-state index contributed by atoms with van der Waals surface area (Å²) in [6, 6.07) is 6.02. The van der Waals surface area contributed by atoms with Crippen molar-refractivity contribution in [2.75, 3.05) is 20.8 Å². The lowest BCUT2D eigenvalue weighted by molar-refractivity contribution is 0.354. The van der Waals surface area contributed by atoms with Gasteiger partial charge in [-0.3, -0.25) is 0 Å². The maximum atomic E-state index is 5.38. The molecule has 0 aliphatic rings. The summed E-state index contributed by atoms with van der Waals surface area (Å²) in [6.07, 6.45) is 6.03. The van der Waals surface area contributed by atoms with Crippen LogP contribution in [0.1, 0.15) is 24.9 Å². The van der Waals surface area contributed by atoms with Crippen LogP contribution in [-0.4, -0.2) is 20.8 Å². The first kappa shape index (κ1) is 13.4. The highest BCUT2D eigenvalue weighted by molar-refractivity contribution is 5.44. The van der Waals surface area contributed by atoms with Gasteiger partial charge in [-0.1, -0.05) is 13.0 Å². The van der Waals surface area contributed by atoms with Crippen LogP contribution >= 0.6 is 0 Å². The number of hydrogen-bond acceptors (Lipinski definition) is 3. The van der Waals surface area contributed by atoms with Gasteiger partial charge in [0.2, 0.25) is 0 Å². The third-order valence-electron chi connectivity index (χ3n) is 2.58. The summed E-state index contributed by atoms with van der Waals surface area (Å²) in [4.78, 5) is 0. The molecule has 0 fully saturated rings. The highest BCUT2D eigenvalue weighted by atomic mass is 16.5.